The highest BCUT2D eigenvalue weighted by Gasteiger charge is 2.23. The first-order chi connectivity index (χ1) is 5.65. The van der Waals surface area contributed by atoms with Gasteiger partial charge >= 0.3 is 0 Å². The Bertz CT molecular complexity index is 170. The lowest BCUT2D eigenvalue weighted by molar-refractivity contribution is 0.0921. The summed E-state index contributed by atoms with van der Waals surface area (Å²) in [5, 5.41) is 0. The van der Waals surface area contributed by atoms with E-state index >= 15 is 0 Å². The molecule has 0 amide bonds. The van der Waals surface area contributed by atoms with Crippen LogP contribution in [0.3, 0.4) is 0 Å². The van der Waals surface area contributed by atoms with Crippen molar-refractivity contribution < 1.29 is 4.74 Å². The fourth-order valence-corrected chi connectivity index (χ4v) is 1.85. The molecule has 0 radical (unpaired) electrons. The van der Waals surface area contributed by atoms with E-state index in [0.29, 0.717) is 6.10 Å². The molecule has 1 rings (SSSR count). The van der Waals surface area contributed by atoms with Gasteiger partial charge in [0.15, 0.2) is 0 Å². The van der Waals surface area contributed by atoms with Gasteiger partial charge in [0, 0.05) is 7.11 Å². The lowest BCUT2D eigenvalue weighted by Gasteiger charge is -2.29. The molecule has 12 heavy (non-hydrogen) atoms. The van der Waals surface area contributed by atoms with Gasteiger partial charge < -0.3 is 4.74 Å². The van der Waals surface area contributed by atoms with Gasteiger partial charge in [-0.2, -0.15) is 0 Å². The minimum atomic E-state index is 0.381. The molecule has 0 aliphatic heterocycles. The standard InChI is InChI=1S/C11H20O/c1-8(2)10-6-5-9(3)11(7-10)12-4/h5,8,10-11H,6-7H2,1-4H3/t10-,11-/m1/s1. The van der Waals surface area contributed by atoms with Crippen LogP contribution in [0.4, 0.5) is 0 Å². The molecular weight excluding hydrogens is 148 g/mol. The molecule has 0 heterocycles. The van der Waals surface area contributed by atoms with Crippen LogP contribution in [-0.2, 0) is 4.74 Å². The van der Waals surface area contributed by atoms with E-state index in [-0.39, 0.29) is 0 Å². The summed E-state index contributed by atoms with van der Waals surface area (Å²) in [6.45, 7) is 6.77. The maximum atomic E-state index is 5.42. The minimum Gasteiger partial charge on any atom is -0.377 e. The van der Waals surface area contributed by atoms with Crippen LogP contribution >= 0.6 is 0 Å². The van der Waals surface area contributed by atoms with E-state index in [1.54, 1.807) is 0 Å². The molecule has 0 bridgehead atoms. The van der Waals surface area contributed by atoms with Crippen LogP contribution in [0.15, 0.2) is 11.6 Å². The molecule has 0 aromatic heterocycles. The summed E-state index contributed by atoms with van der Waals surface area (Å²) in [6, 6.07) is 0. The second-order valence-electron chi connectivity index (χ2n) is 4.15. The summed E-state index contributed by atoms with van der Waals surface area (Å²) < 4.78 is 5.42. The average molecular weight is 168 g/mol. The molecule has 1 nitrogen and oxygen atoms in total. The fraction of sp³-hybridized carbons (Fsp3) is 0.818. The van der Waals surface area contributed by atoms with Crippen LogP contribution in [-0.4, -0.2) is 13.2 Å². The molecule has 0 unspecified atom stereocenters. The Balaban J connectivity index is 2.58. The summed E-state index contributed by atoms with van der Waals surface area (Å²) in [6.07, 6.45) is 5.16. The zero-order valence-corrected chi connectivity index (χ0v) is 8.63. The minimum absolute atomic E-state index is 0.381. The third kappa shape index (κ3) is 2.10. The Labute approximate surface area is 75.8 Å². The van der Waals surface area contributed by atoms with Crippen molar-refractivity contribution in [3.05, 3.63) is 11.6 Å². The monoisotopic (exact) mass is 168 g/mol. The van der Waals surface area contributed by atoms with Crippen LogP contribution < -0.4 is 0 Å². The van der Waals surface area contributed by atoms with Gasteiger partial charge in [0.1, 0.15) is 0 Å². The Morgan fingerprint density at radius 1 is 1.50 bits per heavy atom. The molecule has 1 heteroatoms. The maximum absolute atomic E-state index is 5.42. The molecule has 0 saturated carbocycles. The van der Waals surface area contributed by atoms with Gasteiger partial charge in [-0.15, -0.1) is 0 Å². The Kier molecular flexibility index (Phi) is 3.33. The molecule has 0 saturated heterocycles. The molecular formula is C11H20O. The highest BCUT2D eigenvalue weighted by atomic mass is 16.5. The van der Waals surface area contributed by atoms with Crippen molar-refractivity contribution in [3.63, 3.8) is 0 Å². The van der Waals surface area contributed by atoms with E-state index in [2.05, 4.69) is 26.8 Å². The van der Waals surface area contributed by atoms with E-state index in [0.717, 1.165) is 11.8 Å². The van der Waals surface area contributed by atoms with Crippen LogP contribution in [0, 0.1) is 11.8 Å². The zero-order valence-electron chi connectivity index (χ0n) is 8.63. The van der Waals surface area contributed by atoms with Gasteiger partial charge in [-0.3, -0.25) is 0 Å². The van der Waals surface area contributed by atoms with Gasteiger partial charge in [0.25, 0.3) is 0 Å². The first kappa shape index (κ1) is 9.79. The predicted molar refractivity (Wildman–Crippen MR) is 52.1 cm³/mol. The zero-order chi connectivity index (χ0) is 9.14. The second kappa shape index (κ2) is 4.08. The molecule has 0 N–H and O–H groups in total. The number of methoxy groups -OCH3 is 1. The van der Waals surface area contributed by atoms with Crippen molar-refractivity contribution in [1.82, 2.24) is 0 Å². The number of hydrogen-bond donors (Lipinski definition) is 0. The van der Waals surface area contributed by atoms with Gasteiger partial charge in [-0.05, 0) is 37.2 Å². The third-order valence-corrected chi connectivity index (χ3v) is 2.99. The largest absolute Gasteiger partial charge is 0.377 e. The number of allylic oxidation sites excluding steroid dienone is 1. The number of hydrogen-bond acceptors (Lipinski definition) is 1. The number of rotatable bonds is 2. The normalized spacial score (nSPS) is 30.6. The summed E-state index contributed by atoms with van der Waals surface area (Å²) in [5.41, 5.74) is 1.41. The van der Waals surface area contributed by atoms with E-state index in [1.165, 1.54) is 18.4 Å². The molecule has 1 aliphatic rings. The van der Waals surface area contributed by atoms with Gasteiger partial charge in [0.05, 0.1) is 6.10 Å². The third-order valence-electron chi connectivity index (χ3n) is 2.99. The summed E-state index contributed by atoms with van der Waals surface area (Å²) in [5.74, 6) is 1.60. The topological polar surface area (TPSA) is 9.23 Å². The number of ether oxygens (including phenoxy) is 1. The van der Waals surface area contributed by atoms with Crippen LogP contribution in [0.25, 0.3) is 0 Å². The lowest BCUT2D eigenvalue weighted by Crippen LogP contribution is -2.24. The van der Waals surface area contributed by atoms with Crippen molar-refractivity contribution in [3.8, 4) is 0 Å². The molecule has 0 fully saturated rings. The molecule has 2 atom stereocenters. The average Bonchev–Trinajstić information content (AvgIpc) is 2.05. The summed E-state index contributed by atoms with van der Waals surface area (Å²) >= 11 is 0. The van der Waals surface area contributed by atoms with Crippen molar-refractivity contribution in [2.75, 3.05) is 7.11 Å². The van der Waals surface area contributed by atoms with E-state index in [1.807, 2.05) is 7.11 Å². The first-order valence-electron chi connectivity index (χ1n) is 4.84. The summed E-state index contributed by atoms with van der Waals surface area (Å²) in [4.78, 5) is 0. The highest BCUT2D eigenvalue weighted by molar-refractivity contribution is 5.10. The van der Waals surface area contributed by atoms with Crippen molar-refractivity contribution in [2.24, 2.45) is 11.8 Å². The molecule has 70 valence electrons. The predicted octanol–water partition coefficient (Wildman–Crippen LogP) is 3.01. The van der Waals surface area contributed by atoms with Crippen LogP contribution in [0.5, 0.6) is 0 Å². The van der Waals surface area contributed by atoms with Crippen LogP contribution in [0.1, 0.15) is 33.6 Å². The highest BCUT2D eigenvalue weighted by Crippen LogP contribution is 2.30. The van der Waals surface area contributed by atoms with E-state index in [4.69, 9.17) is 4.74 Å². The SMILES string of the molecule is CO[C@@H]1C[C@H](C(C)C)CC=C1C. The van der Waals surface area contributed by atoms with E-state index < -0.39 is 0 Å². The maximum Gasteiger partial charge on any atom is 0.0781 e. The van der Waals surface area contributed by atoms with E-state index in [9.17, 15) is 0 Å². The van der Waals surface area contributed by atoms with Crippen LogP contribution in [0.2, 0.25) is 0 Å². The smallest absolute Gasteiger partial charge is 0.0781 e. The lowest BCUT2D eigenvalue weighted by atomic mass is 9.81. The quantitative estimate of drug-likeness (QED) is 0.576. The fourth-order valence-electron chi connectivity index (χ4n) is 1.85. The van der Waals surface area contributed by atoms with Crippen molar-refractivity contribution in [1.29, 1.82) is 0 Å². The Morgan fingerprint density at radius 3 is 2.67 bits per heavy atom. The Morgan fingerprint density at radius 2 is 2.17 bits per heavy atom. The van der Waals surface area contributed by atoms with Gasteiger partial charge in [0.2, 0.25) is 0 Å². The molecule has 0 aromatic rings. The van der Waals surface area contributed by atoms with Gasteiger partial charge in [-0.25, -0.2) is 0 Å². The van der Waals surface area contributed by atoms with Gasteiger partial charge in [-0.1, -0.05) is 19.9 Å². The summed E-state index contributed by atoms with van der Waals surface area (Å²) in [7, 11) is 1.81. The molecule has 1 aliphatic carbocycles. The molecule has 0 aromatic carbocycles. The second-order valence-corrected chi connectivity index (χ2v) is 4.15. The van der Waals surface area contributed by atoms with Crippen molar-refractivity contribution >= 4 is 0 Å². The Hall–Kier alpha value is -0.300. The van der Waals surface area contributed by atoms with Crippen molar-refractivity contribution in [2.45, 2.75) is 39.7 Å². The first-order valence-corrected chi connectivity index (χ1v) is 4.84. The molecule has 0 spiro atoms.